The first kappa shape index (κ1) is 24.4. The molecule has 0 bridgehead atoms. The van der Waals surface area contributed by atoms with Crippen molar-refractivity contribution in [1.82, 2.24) is 0 Å². The molecular weight excluding hydrogens is 412 g/mol. The van der Waals surface area contributed by atoms with E-state index in [0.717, 1.165) is 0 Å². The van der Waals surface area contributed by atoms with E-state index in [1.54, 1.807) is 0 Å². The van der Waals surface area contributed by atoms with Gasteiger partial charge in [-0.2, -0.15) is 48.3 Å². The Morgan fingerprint density at radius 3 is 1.08 bits per heavy atom. The quantitative estimate of drug-likeness (QED) is 0.378. The molecule has 0 aliphatic heterocycles. The number of hydrogen-bond donors (Lipinski definition) is 0. The van der Waals surface area contributed by atoms with Gasteiger partial charge in [0.2, 0.25) is 0 Å². The number of methoxy groups -OCH3 is 2. The second kappa shape index (κ2) is 6.54. The van der Waals surface area contributed by atoms with Crippen LogP contribution in [0.25, 0.3) is 0 Å². The lowest BCUT2D eigenvalue weighted by Gasteiger charge is -2.37. The molecule has 0 unspecified atom stereocenters. The van der Waals surface area contributed by atoms with Crippen LogP contribution in [0, 0.1) is 0 Å². The lowest BCUT2D eigenvalue weighted by molar-refractivity contribution is -0.388. The number of carbonyl (C=O) groups is 2. The van der Waals surface area contributed by atoms with E-state index in [2.05, 4.69) is 9.47 Å². The van der Waals surface area contributed by atoms with E-state index in [9.17, 15) is 62.3 Å². The second-order valence-corrected chi connectivity index (χ2v) is 4.41. The predicted molar refractivity (Wildman–Crippen MR) is 53.7 cm³/mol. The Labute approximate surface area is 135 Å². The van der Waals surface area contributed by atoms with Gasteiger partial charge in [-0.25, -0.2) is 4.39 Å². The second-order valence-electron chi connectivity index (χ2n) is 4.41. The Hall–Kier alpha value is -1.58. The van der Waals surface area contributed by atoms with Crippen molar-refractivity contribution in [2.45, 2.75) is 35.9 Å². The smallest absolute Gasteiger partial charge is 0.342 e. The van der Waals surface area contributed by atoms with Gasteiger partial charge in [-0.3, -0.25) is 9.59 Å². The number of alkyl halides is 12. The lowest BCUT2D eigenvalue weighted by atomic mass is 9.89. The zero-order chi connectivity index (χ0) is 21.6. The van der Waals surface area contributed by atoms with Gasteiger partial charge in [0.05, 0.1) is 0 Å². The van der Waals surface area contributed by atoms with Gasteiger partial charge < -0.3 is 9.47 Å². The third-order valence-corrected chi connectivity index (χ3v) is 2.94. The molecule has 0 saturated carbocycles. The molecule has 0 fully saturated rings. The van der Waals surface area contributed by atoms with Crippen LogP contribution in [0.4, 0.5) is 52.7 Å². The summed E-state index contributed by atoms with van der Waals surface area (Å²) in [6, 6.07) is 0. The van der Waals surface area contributed by atoms with Gasteiger partial charge in [0, 0.05) is 14.2 Å². The monoisotopic (exact) mass is 418 g/mol. The summed E-state index contributed by atoms with van der Waals surface area (Å²) in [5, 5.41) is 0. The van der Waals surface area contributed by atoms with Crippen LogP contribution in [0.5, 0.6) is 0 Å². The number of Topliss-reactive ketones (excluding diaryl/α,β-unsaturated/α-hetero) is 2. The summed E-state index contributed by atoms with van der Waals surface area (Å²) in [7, 11) is -0.454. The van der Waals surface area contributed by atoms with Crippen molar-refractivity contribution in [3.8, 4) is 0 Å². The van der Waals surface area contributed by atoms with Crippen LogP contribution in [-0.2, 0) is 19.1 Å². The summed E-state index contributed by atoms with van der Waals surface area (Å²) in [5.41, 5.74) is -7.10. The van der Waals surface area contributed by atoms with Crippen LogP contribution in [0.2, 0.25) is 0 Å². The Morgan fingerprint density at radius 1 is 0.577 bits per heavy atom. The maximum absolute atomic E-state index is 13.5. The Balaban J connectivity index is 6.66. The third-order valence-electron chi connectivity index (χ3n) is 2.94. The average Bonchev–Trinajstić information content (AvgIpc) is 2.43. The fourth-order valence-corrected chi connectivity index (χ4v) is 1.58. The highest BCUT2D eigenvalue weighted by Crippen LogP contribution is 2.50. The standard InChI is InChI=1S/C10H6F12O4/c1-25-6(26-2,7(12,13)10(20,21)22)4(24)3(23)5(11,8(14,15)16)9(17,18)19/h1-2H3. The maximum atomic E-state index is 13.5. The number of carbonyl (C=O) groups excluding carboxylic acids is 2. The van der Waals surface area contributed by atoms with Gasteiger partial charge in [-0.1, -0.05) is 0 Å². The van der Waals surface area contributed by atoms with Crippen LogP contribution >= 0.6 is 0 Å². The normalized spacial score (nSPS) is 15.2. The first-order chi connectivity index (χ1) is 11.2. The molecule has 0 heterocycles. The van der Waals surface area contributed by atoms with Gasteiger partial charge in [-0.15, -0.1) is 0 Å². The highest BCUT2D eigenvalue weighted by atomic mass is 19.4. The number of ether oxygens (including phenoxy) is 2. The topological polar surface area (TPSA) is 52.6 Å². The van der Waals surface area contributed by atoms with Gasteiger partial charge in [0.1, 0.15) is 0 Å². The summed E-state index contributed by atoms with van der Waals surface area (Å²) in [6.45, 7) is 0. The molecule has 4 nitrogen and oxygen atoms in total. The minimum absolute atomic E-state index is 0.227. The van der Waals surface area contributed by atoms with Crippen molar-refractivity contribution in [3.05, 3.63) is 0 Å². The van der Waals surface area contributed by atoms with Crippen molar-refractivity contribution >= 4 is 11.6 Å². The van der Waals surface area contributed by atoms with E-state index in [4.69, 9.17) is 0 Å². The van der Waals surface area contributed by atoms with Gasteiger partial charge in [0.15, 0.2) is 0 Å². The molecule has 0 saturated heterocycles. The van der Waals surface area contributed by atoms with Crippen molar-refractivity contribution in [1.29, 1.82) is 0 Å². The summed E-state index contributed by atoms with van der Waals surface area (Å²) in [4.78, 5) is 22.6. The van der Waals surface area contributed by atoms with Crippen molar-refractivity contribution in [2.24, 2.45) is 0 Å². The molecule has 0 atom stereocenters. The fraction of sp³-hybridized carbons (Fsp3) is 0.800. The molecule has 0 aromatic heterocycles. The van der Waals surface area contributed by atoms with E-state index in [1.165, 1.54) is 0 Å². The van der Waals surface area contributed by atoms with Crippen molar-refractivity contribution in [3.63, 3.8) is 0 Å². The van der Waals surface area contributed by atoms with Gasteiger partial charge in [-0.05, 0) is 0 Å². The molecule has 0 aromatic carbocycles. The van der Waals surface area contributed by atoms with Crippen LogP contribution in [0.1, 0.15) is 0 Å². The molecule has 0 aliphatic rings. The molecular formula is C10H6F12O4. The Morgan fingerprint density at radius 2 is 0.885 bits per heavy atom. The molecule has 154 valence electrons. The number of ketones is 2. The van der Waals surface area contributed by atoms with E-state index >= 15 is 0 Å². The van der Waals surface area contributed by atoms with Crippen molar-refractivity contribution < 1.29 is 71.7 Å². The minimum atomic E-state index is -7.24. The molecule has 26 heavy (non-hydrogen) atoms. The first-order valence-corrected chi connectivity index (χ1v) is 5.65. The SMILES string of the molecule is COC(OC)(C(=O)C(=O)C(F)(C(F)(F)F)C(F)(F)F)C(F)(F)C(F)(F)F. The fourth-order valence-electron chi connectivity index (χ4n) is 1.58. The summed E-state index contributed by atoms with van der Waals surface area (Å²) < 4.78 is 158. The number of halogens is 12. The maximum Gasteiger partial charge on any atom is 0.459 e. The first-order valence-electron chi connectivity index (χ1n) is 5.65. The van der Waals surface area contributed by atoms with Crippen LogP contribution in [0.15, 0.2) is 0 Å². The van der Waals surface area contributed by atoms with Gasteiger partial charge in [0.25, 0.3) is 11.6 Å². The summed E-state index contributed by atoms with van der Waals surface area (Å²) in [6.07, 6.45) is -21.3. The van der Waals surface area contributed by atoms with Crippen LogP contribution in [0.3, 0.4) is 0 Å². The minimum Gasteiger partial charge on any atom is -0.342 e. The summed E-state index contributed by atoms with van der Waals surface area (Å²) in [5.74, 6) is -20.2. The highest BCUT2D eigenvalue weighted by molar-refractivity contribution is 6.43. The molecule has 0 radical (unpaired) electrons. The van der Waals surface area contributed by atoms with Crippen molar-refractivity contribution in [2.75, 3.05) is 14.2 Å². The summed E-state index contributed by atoms with van der Waals surface area (Å²) >= 11 is 0. The van der Waals surface area contributed by atoms with E-state index < -0.39 is 47.5 Å². The molecule has 0 aliphatic carbocycles. The Bertz CT molecular complexity index is 540. The molecule has 0 aromatic rings. The predicted octanol–water partition coefficient (Wildman–Crippen LogP) is 3.14. The van der Waals surface area contributed by atoms with Crippen LogP contribution < -0.4 is 0 Å². The Kier molecular flexibility index (Phi) is 6.14. The molecule has 0 spiro atoms. The molecule has 0 N–H and O–H groups in total. The zero-order valence-electron chi connectivity index (χ0n) is 12.2. The van der Waals surface area contributed by atoms with Gasteiger partial charge >= 0.3 is 35.9 Å². The molecule has 16 heteroatoms. The van der Waals surface area contributed by atoms with E-state index in [-0.39, 0.29) is 14.2 Å². The van der Waals surface area contributed by atoms with E-state index in [1.807, 2.05) is 0 Å². The van der Waals surface area contributed by atoms with E-state index in [0.29, 0.717) is 0 Å². The molecule has 0 rings (SSSR count). The molecule has 0 amide bonds. The highest BCUT2D eigenvalue weighted by Gasteiger charge is 2.83. The number of rotatable bonds is 6. The zero-order valence-corrected chi connectivity index (χ0v) is 12.2. The third kappa shape index (κ3) is 3.23. The largest absolute Gasteiger partial charge is 0.459 e. The van der Waals surface area contributed by atoms with Crippen LogP contribution in [-0.4, -0.2) is 61.7 Å². The number of hydrogen-bond acceptors (Lipinski definition) is 4. The lowest BCUT2D eigenvalue weighted by Crippen LogP contribution is -2.70. The average molecular weight is 418 g/mol.